The summed E-state index contributed by atoms with van der Waals surface area (Å²) in [5.74, 6) is 0.366. The molecular formula is C22H28BrN3OS. The van der Waals surface area contributed by atoms with E-state index in [0.717, 1.165) is 62.9 Å². The molecule has 1 unspecified atom stereocenters. The molecule has 2 N–H and O–H groups in total. The van der Waals surface area contributed by atoms with Crippen LogP contribution in [0.1, 0.15) is 42.2 Å². The first-order chi connectivity index (χ1) is 13.6. The van der Waals surface area contributed by atoms with Crippen LogP contribution >= 0.6 is 27.3 Å². The van der Waals surface area contributed by atoms with E-state index in [2.05, 4.69) is 55.4 Å². The number of rotatable bonds is 6. The molecule has 6 heteroatoms. The Morgan fingerprint density at radius 1 is 1.11 bits per heavy atom. The van der Waals surface area contributed by atoms with Gasteiger partial charge in [0.15, 0.2) is 0 Å². The SMILES string of the molecule is NC(CCN1CCC2(CC1)CCN(Cc1ccc(Br)cc1)C2=O)c1cccs1. The van der Waals surface area contributed by atoms with E-state index in [1.54, 1.807) is 11.3 Å². The van der Waals surface area contributed by atoms with Crippen LogP contribution in [0.4, 0.5) is 0 Å². The topological polar surface area (TPSA) is 49.6 Å². The molecule has 4 rings (SSSR count). The lowest BCUT2D eigenvalue weighted by atomic mass is 9.77. The van der Waals surface area contributed by atoms with Crippen molar-refractivity contribution in [3.05, 3.63) is 56.7 Å². The van der Waals surface area contributed by atoms with Gasteiger partial charge in [-0.1, -0.05) is 34.1 Å². The number of thiophene rings is 1. The van der Waals surface area contributed by atoms with Crippen LogP contribution in [0.2, 0.25) is 0 Å². The predicted octanol–water partition coefficient (Wildman–Crippen LogP) is 4.42. The van der Waals surface area contributed by atoms with Crippen LogP contribution in [0.3, 0.4) is 0 Å². The van der Waals surface area contributed by atoms with Crippen molar-refractivity contribution in [3.63, 3.8) is 0 Å². The third-order valence-corrected chi connectivity index (χ3v) is 7.90. The number of halogens is 1. The molecule has 2 aromatic rings. The number of benzene rings is 1. The van der Waals surface area contributed by atoms with Crippen LogP contribution < -0.4 is 5.73 Å². The lowest BCUT2D eigenvalue weighted by Crippen LogP contribution is -2.45. The zero-order valence-electron chi connectivity index (χ0n) is 16.1. The second-order valence-corrected chi connectivity index (χ2v) is 10.0. The highest BCUT2D eigenvalue weighted by atomic mass is 79.9. The quantitative estimate of drug-likeness (QED) is 0.692. The van der Waals surface area contributed by atoms with Gasteiger partial charge >= 0.3 is 0 Å². The zero-order valence-corrected chi connectivity index (χ0v) is 18.6. The van der Waals surface area contributed by atoms with Gasteiger partial charge in [0, 0.05) is 28.5 Å². The molecule has 3 heterocycles. The van der Waals surface area contributed by atoms with Gasteiger partial charge < -0.3 is 15.5 Å². The predicted molar refractivity (Wildman–Crippen MR) is 118 cm³/mol. The number of nitrogens with two attached hydrogens (primary N) is 1. The summed E-state index contributed by atoms with van der Waals surface area (Å²) in [6, 6.07) is 12.6. The van der Waals surface area contributed by atoms with Gasteiger partial charge in [0.2, 0.25) is 5.91 Å². The Kier molecular flexibility index (Phi) is 6.21. The highest BCUT2D eigenvalue weighted by molar-refractivity contribution is 9.10. The standard InChI is InChI=1S/C22H28BrN3OS/c23-18-5-3-17(4-6-18)16-26-14-10-22(21(26)27)8-12-25(13-9-22)11-7-19(24)20-2-1-15-28-20/h1-6,15,19H,7-14,16,24H2. The Bertz CT molecular complexity index is 785. The van der Waals surface area contributed by atoms with E-state index in [1.165, 1.54) is 10.4 Å². The van der Waals surface area contributed by atoms with E-state index >= 15 is 0 Å². The Morgan fingerprint density at radius 3 is 2.50 bits per heavy atom. The van der Waals surface area contributed by atoms with E-state index < -0.39 is 0 Å². The number of hydrogen-bond acceptors (Lipinski definition) is 4. The summed E-state index contributed by atoms with van der Waals surface area (Å²) in [7, 11) is 0. The molecule has 1 spiro atoms. The largest absolute Gasteiger partial charge is 0.338 e. The first kappa shape index (κ1) is 20.1. The molecule has 1 atom stereocenters. The Labute approximate surface area is 179 Å². The second-order valence-electron chi connectivity index (χ2n) is 8.14. The smallest absolute Gasteiger partial charge is 0.229 e. The van der Waals surface area contributed by atoms with Crippen molar-refractivity contribution in [2.24, 2.45) is 11.1 Å². The van der Waals surface area contributed by atoms with Crippen molar-refractivity contribution in [2.75, 3.05) is 26.2 Å². The van der Waals surface area contributed by atoms with Gasteiger partial charge in [-0.15, -0.1) is 11.3 Å². The van der Waals surface area contributed by atoms with E-state index in [0.29, 0.717) is 5.91 Å². The van der Waals surface area contributed by atoms with Crippen molar-refractivity contribution < 1.29 is 4.79 Å². The molecule has 1 aromatic heterocycles. The Balaban J connectivity index is 1.27. The van der Waals surface area contributed by atoms with E-state index in [1.807, 2.05) is 12.1 Å². The highest BCUT2D eigenvalue weighted by Gasteiger charge is 2.47. The molecule has 0 bridgehead atoms. The van der Waals surface area contributed by atoms with Crippen molar-refractivity contribution in [2.45, 2.75) is 38.3 Å². The molecule has 2 fully saturated rings. The van der Waals surface area contributed by atoms with Crippen molar-refractivity contribution in [3.8, 4) is 0 Å². The molecule has 150 valence electrons. The fraction of sp³-hybridized carbons (Fsp3) is 0.500. The molecule has 1 amide bonds. The second kappa shape index (κ2) is 8.66. The minimum Gasteiger partial charge on any atom is -0.338 e. The zero-order chi connectivity index (χ0) is 19.6. The fourth-order valence-corrected chi connectivity index (χ4v) is 5.52. The lowest BCUT2D eigenvalue weighted by Gasteiger charge is -2.38. The minimum absolute atomic E-state index is 0.123. The number of nitrogens with zero attached hydrogens (tertiary/aromatic N) is 2. The third-order valence-electron chi connectivity index (χ3n) is 6.37. The van der Waals surface area contributed by atoms with Gasteiger partial charge in [-0.2, -0.15) is 0 Å². The van der Waals surface area contributed by atoms with Crippen LogP contribution in [0.15, 0.2) is 46.3 Å². The molecule has 2 saturated heterocycles. The van der Waals surface area contributed by atoms with Crippen molar-refractivity contribution in [1.29, 1.82) is 0 Å². The molecule has 4 nitrogen and oxygen atoms in total. The molecule has 28 heavy (non-hydrogen) atoms. The van der Waals surface area contributed by atoms with E-state index in [-0.39, 0.29) is 11.5 Å². The summed E-state index contributed by atoms with van der Waals surface area (Å²) in [6.45, 7) is 4.65. The summed E-state index contributed by atoms with van der Waals surface area (Å²) >= 11 is 5.21. The summed E-state index contributed by atoms with van der Waals surface area (Å²) < 4.78 is 1.08. The van der Waals surface area contributed by atoms with Gasteiger partial charge in [-0.25, -0.2) is 0 Å². The molecule has 1 aromatic carbocycles. The summed E-state index contributed by atoms with van der Waals surface area (Å²) in [5.41, 5.74) is 7.39. The van der Waals surface area contributed by atoms with Gasteiger partial charge in [-0.3, -0.25) is 4.79 Å². The van der Waals surface area contributed by atoms with E-state index in [4.69, 9.17) is 5.73 Å². The normalized spacial score (nSPS) is 20.8. The van der Waals surface area contributed by atoms with Crippen LogP contribution in [0.5, 0.6) is 0 Å². The number of amides is 1. The molecule has 0 saturated carbocycles. The number of carbonyl (C=O) groups excluding carboxylic acids is 1. The summed E-state index contributed by atoms with van der Waals surface area (Å²) in [5, 5.41) is 2.09. The van der Waals surface area contributed by atoms with Crippen LogP contribution in [0, 0.1) is 5.41 Å². The van der Waals surface area contributed by atoms with Crippen LogP contribution in [-0.4, -0.2) is 41.9 Å². The van der Waals surface area contributed by atoms with Crippen LogP contribution in [-0.2, 0) is 11.3 Å². The molecule has 2 aliphatic rings. The molecule has 2 aliphatic heterocycles. The Hall–Kier alpha value is -1.21. The van der Waals surface area contributed by atoms with Crippen molar-refractivity contribution >= 4 is 33.2 Å². The Morgan fingerprint density at radius 2 is 1.82 bits per heavy atom. The molecule has 0 radical (unpaired) electrons. The van der Waals surface area contributed by atoms with Crippen molar-refractivity contribution in [1.82, 2.24) is 9.80 Å². The highest BCUT2D eigenvalue weighted by Crippen LogP contribution is 2.42. The first-order valence-electron chi connectivity index (χ1n) is 10.1. The maximum absolute atomic E-state index is 13.2. The van der Waals surface area contributed by atoms with Gasteiger partial charge in [0.25, 0.3) is 0 Å². The van der Waals surface area contributed by atoms with Gasteiger partial charge in [-0.05, 0) is 74.5 Å². The first-order valence-corrected chi connectivity index (χ1v) is 11.8. The van der Waals surface area contributed by atoms with Crippen LogP contribution in [0.25, 0.3) is 0 Å². The van der Waals surface area contributed by atoms with E-state index in [9.17, 15) is 4.79 Å². The molecular weight excluding hydrogens is 434 g/mol. The number of likely N-dealkylation sites (tertiary alicyclic amines) is 2. The maximum atomic E-state index is 13.2. The maximum Gasteiger partial charge on any atom is 0.229 e. The average molecular weight is 462 g/mol. The molecule has 0 aliphatic carbocycles. The number of piperidine rings is 1. The third kappa shape index (κ3) is 4.35. The summed E-state index contributed by atoms with van der Waals surface area (Å²) in [6.07, 6.45) is 3.95. The fourth-order valence-electron chi connectivity index (χ4n) is 4.49. The average Bonchev–Trinajstić information content (AvgIpc) is 3.34. The minimum atomic E-state index is -0.123. The van der Waals surface area contributed by atoms with Gasteiger partial charge in [0.05, 0.1) is 5.41 Å². The number of hydrogen-bond donors (Lipinski definition) is 1. The summed E-state index contributed by atoms with van der Waals surface area (Å²) in [4.78, 5) is 19.0. The van der Waals surface area contributed by atoms with Gasteiger partial charge in [0.1, 0.15) is 0 Å². The monoisotopic (exact) mass is 461 g/mol. The number of carbonyl (C=O) groups is 1. The lowest BCUT2D eigenvalue weighted by molar-refractivity contribution is -0.138.